The van der Waals surface area contributed by atoms with E-state index in [4.69, 9.17) is 18.9 Å². The summed E-state index contributed by atoms with van der Waals surface area (Å²) in [5, 5.41) is 0. The fraction of sp³-hybridized carbons (Fsp3) is 0.269. The summed E-state index contributed by atoms with van der Waals surface area (Å²) in [6.07, 6.45) is 1.67. The van der Waals surface area contributed by atoms with Crippen molar-refractivity contribution in [1.82, 2.24) is 4.57 Å². The lowest BCUT2D eigenvalue weighted by Crippen LogP contribution is -2.40. The van der Waals surface area contributed by atoms with E-state index in [1.165, 1.54) is 49.4 Å². The molecule has 4 rings (SSSR count). The largest absolute Gasteiger partial charge is 0.493 e. The van der Waals surface area contributed by atoms with Crippen LogP contribution in [0.15, 0.2) is 57.5 Å². The summed E-state index contributed by atoms with van der Waals surface area (Å²) < 4.78 is 37.0. The van der Waals surface area contributed by atoms with E-state index >= 15 is 0 Å². The van der Waals surface area contributed by atoms with Gasteiger partial charge in [0, 0.05) is 0 Å². The highest BCUT2D eigenvalue weighted by atomic mass is 32.1. The minimum Gasteiger partial charge on any atom is -0.493 e. The van der Waals surface area contributed by atoms with Gasteiger partial charge in [-0.15, -0.1) is 0 Å². The van der Waals surface area contributed by atoms with Crippen LogP contribution < -0.4 is 29.1 Å². The van der Waals surface area contributed by atoms with Crippen molar-refractivity contribution in [3.8, 4) is 17.2 Å². The van der Waals surface area contributed by atoms with Crippen molar-refractivity contribution < 1.29 is 28.1 Å². The summed E-state index contributed by atoms with van der Waals surface area (Å²) in [5.74, 6) is 0.179. The van der Waals surface area contributed by atoms with Gasteiger partial charge in [0.2, 0.25) is 5.75 Å². The molecule has 0 bridgehead atoms. The van der Waals surface area contributed by atoms with Gasteiger partial charge < -0.3 is 18.9 Å². The Kier molecular flexibility index (Phi) is 7.25. The molecule has 0 saturated carbocycles. The van der Waals surface area contributed by atoms with Gasteiger partial charge in [-0.3, -0.25) is 9.36 Å². The molecule has 2 aromatic carbocycles. The zero-order valence-electron chi connectivity index (χ0n) is 20.5. The third kappa shape index (κ3) is 4.51. The number of allylic oxidation sites excluding steroid dienone is 1. The van der Waals surface area contributed by atoms with Crippen LogP contribution in [-0.4, -0.2) is 38.5 Å². The monoisotopic (exact) mass is 512 g/mol. The Morgan fingerprint density at radius 3 is 2.31 bits per heavy atom. The lowest BCUT2D eigenvalue weighted by Gasteiger charge is -2.26. The normalized spacial score (nSPS) is 15.3. The van der Waals surface area contributed by atoms with E-state index in [9.17, 15) is 14.0 Å². The fourth-order valence-electron chi connectivity index (χ4n) is 4.08. The Hall–Kier alpha value is -3.92. The highest BCUT2D eigenvalue weighted by molar-refractivity contribution is 7.07. The van der Waals surface area contributed by atoms with Crippen LogP contribution in [0.2, 0.25) is 0 Å². The Labute approximate surface area is 210 Å². The summed E-state index contributed by atoms with van der Waals surface area (Å²) in [4.78, 5) is 31.7. The summed E-state index contributed by atoms with van der Waals surface area (Å²) in [6.45, 7) is 3.57. The molecule has 0 N–H and O–H groups in total. The molecule has 0 radical (unpaired) electrons. The molecule has 1 aliphatic heterocycles. The first-order valence-electron chi connectivity index (χ1n) is 11.1. The Morgan fingerprint density at radius 1 is 1.11 bits per heavy atom. The number of rotatable bonds is 7. The Bertz CT molecular complexity index is 1500. The number of nitrogens with zero attached hydrogens (tertiary/aromatic N) is 2. The molecule has 1 aliphatic rings. The maximum absolute atomic E-state index is 13.7. The number of thiazole rings is 1. The van der Waals surface area contributed by atoms with E-state index in [0.29, 0.717) is 43.4 Å². The van der Waals surface area contributed by atoms with Gasteiger partial charge in [0.15, 0.2) is 16.3 Å². The van der Waals surface area contributed by atoms with Crippen LogP contribution in [0.1, 0.15) is 31.0 Å². The fourth-order valence-corrected chi connectivity index (χ4v) is 5.12. The average Bonchev–Trinajstić information content (AvgIpc) is 3.17. The molecule has 0 spiro atoms. The summed E-state index contributed by atoms with van der Waals surface area (Å²) in [5.41, 5.74) is 1.52. The number of aromatic nitrogens is 1. The lowest BCUT2D eigenvalue weighted by molar-refractivity contribution is -0.139. The molecule has 36 heavy (non-hydrogen) atoms. The number of fused-ring (bicyclic) bond motifs is 1. The SMILES string of the molecule is CCOC(=O)C1=C(C)N=c2sc(=Cc3ccc(F)cc3)c(=O)n2C1c1cc(OC)c(OC)c(OC)c1. The first-order valence-corrected chi connectivity index (χ1v) is 11.9. The third-order valence-electron chi connectivity index (χ3n) is 5.69. The second-order valence-electron chi connectivity index (χ2n) is 7.81. The van der Waals surface area contributed by atoms with Crippen LogP contribution >= 0.6 is 11.3 Å². The molecule has 0 fully saturated rings. The second kappa shape index (κ2) is 10.4. The Balaban J connectivity index is 2.01. The molecule has 188 valence electrons. The molecule has 0 amide bonds. The number of hydrogen-bond acceptors (Lipinski definition) is 8. The minimum absolute atomic E-state index is 0.159. The Morgan fingerprint density at radius 2 is 1.75 bits per heavy atom. The van der Waals surface area contributed by atoms with Gasteiger partial charge in [0.05, 0.1) is 49.8 Å². The van der Waals surface area contributed by atoms with Crippen molar-refractivity contribution in [2.24, 2.45) is 4.99 Å². The predicted molar refractivity (Wildman–Crippen MR) is 133 cm³/mol. The van der Waals surface area contributed by atoms with Crippen LogP contribution in [0.4, 0.5) is 4.39 Å². The van der Waals surface area contributed by atoms with E-state index in [2.05, 4.69) is 4.99 Å². The van der Waals surface area contributed by atoms with Crippen LogP contribution in [-0.2, 0) is 9.53 Å². The summed E-state index contributed by atoms with van der Waals surface area (Å²) >= 11 is 1.18. The van der Waals surface area contributed by atoms with Crippen LogP contribution in [0.25, 0.3) is 6.08 Å². The third-order valence-corrected chi connectivity index (χ3v) is 6.67. The number of carbonyl (C=O) groups is 1. The molecule has 2 heterocycles. The van der Waals surface area contributed by atoms with Gasteiger partial charge in [0.25, 0.3) is 5.56 Å². The molecule has 0 saturated heterocycles. The first-order chi connectivity index (χ1) is 17.3. The minimum atomic E-state index is -0.857. The average molecular weight is 513 g/mol. The number of carbonyl (C=O) groups excluding carboxylic acids is 1. The van der Waals surface area contributed by atoms with Gasteiger partial charge in [-0.05, 0) is 55.3 Å². The molecular formula is C26H25FN2O6S. The standard InChI is InChI=1S/C26H25FN2O6S/c1-6-35-25(31)21-14(2)28-26-29(24(30)20(36-26)11-15-7-9-17(27)10-8-15)22(21)16-12-18(32-3)23(34-5)19(13-16)33-4/h7-13,22H,6H2,1-5H3. The van der Waals surface area contributed by atoms with E-state index in [1.807, 2.05) is 0 Å². The molecule has 3 aromatic rings. The van der Waals surface area contributed by atoms with E-state index in [0.717, 1.165) is 0 Å². The second-order valence-corrected chi connectivity index (χ2v) is 8.82. The molecule has 1 unspecified atom stereocenters. The van der Waals surface area contributed by atoms with E-state index < -0.39 is 12.0 Å². The number of halogens is 1. The summed E-state index contributed by atoms with van der Waals surface area (Å²) in [6, 6.07) is 8.35. The zero-order valence-corrected chi connectivity index (χ0v) is 21.3. The van der Waals surface area contributed by atoms with Crippen molar-refractivity contribution in [2.45, 2.75) is 19.9 Å². The van der Waals surface area contributed by atoms with Crippen molar-refractivity contribution >= 4 is 23.4 Å². The molecule has 0 aliphatic carbocycles. The van der Waals surface area contributed by atoms with Crippen molar-refractivity contribution in [3.63, 3.8) is 0 Å². The topological polar surface area (TPSA) is 88.4 Å². The molecule has 8 nitrogen and oxygen atoms in total. The number of ether oxygens (including phenoxy) is 4. The molecule has 1 atom stereocenters. The van der Waals surface area contributed by atoms with Crippen molar-refractivity contribution in [1.29, 1.82) is 0 Å². The van der Waals surface area contributed by atoms with Gasteiger partial charge in [-0.2, -0.15) is 0 Å². The molecule has 1 aromatic heterocycles. The number of methoxy groups -OCH3 is 3. The smallest absolute Gasteiger partial charge is 0.338 e. The van der Waals surface area contributed by atoms with Crippen LogP contribution in [0.3, 0.4) is 0 Å². The van der Waals surface area contributed by atoms with Gasteiger partial charge in [-0.25, -0.2) is 14.2 Å². The van der Waals surface area contributed by atoms with Crippen LogP contribution in [0, 0.1) is 5.82 Å². The maximum Gasteiger partial charge on any atom is 0.338 e. The highest BCUT2D eigenvalue weighted by Crippen LogP contribution is 2.42. The predicted octanol–water partition coefficient (Wildman–Crippen LogP) is 2.96. The van der Waals surface area contributed by atoms with E-state index in [-0.39, 0.29) is 23.6 Å². The zero-order chi connectivity index (χ0) is 26.0. The highest BCUT2D eigenvalue weighted by Gasteiger charge is 2.34. The molecular weight excluding hydrogens is 487 g/mol. The summed E-state index contributed by atoms with van der Waals surface area (Å²) in [7, 11) is 4.47. The lowest BCUT2D eigenvalue weighted by atomic mass is 9.95. The maximum atomic E-state index is 13.7. The van der Waals surface area contributed by atoms with Crippen LogP contribution in [0.5, 0.6) is 17.2 Å². The van der Waals surface area contributed by atoms with Gasteiger partial charge in [-0.1, -0.05) is 23.5 Å². The molecule has 10 heteroatoms. The van der Waals surface area contributed by atoms with Gasteiger partial charge >= 0.3 is 5.97 Å². The van der Waals surface area contributed by atoms with Gasteiger partial charge in [0.1, 0.15) is 5.82 Å². The number of benzene rings is 2. The van der Waals surface area contributed by atoms with Crippen molar-refractivity contribution in [3.05, 3.63) is 84.3 Å². The quantitative estimate of drug-likeness (QED) is 0.453. The first kappa shape index (κ1) is 25.2. The van der Waals surface area contributed by atoms with E-state index in [1.54, 1.807) is 44.2 Å². The number of hydrogen-bond donors (Lipinski definition) is 0. The van der Waals surface area contributed by atoms with Crippen molar-refractivity contribution in [2.75, 3.05) is 27.9 Å². The number of esters is 1.